The molecule has 0 radical (unpaired) electrons. The first-order valence-electron chi connectivity index (χ1n) is 8.36. The second-order valence-electron chi connectivity index (χ2n) is 6.57. The van der Waals surface area contributed by atoms with E-state index in [1.165, 1.54) is 6.07 Å². The zero-order valence-electron chi connectivity index (χ0n) is 14.9. The van der Waals surface area contributed by atoms with E-state index >= 15 is 0 Å². The molecule has 7 nitrogen and oxygen atoms in total. The van der Waals surface area contributed by atoms with E-state index in [4.69, 9.17) is 4.52 Å². The zero-order chi connectivity index (χ0) is 18.7. The van der Waals surface area contributed by atoms with Gasteiger partial charge in [-0.15, -0.1) is 0 Å². The van der Waals surface area contributed by atoms with E-state index in [-0.39, 0.29) is 17.2 Å². The van der Waals surface area contributed by atoms with Crippen molar-refractivity contribution in [2.45, 2.75) is 27.2 Å². The number of hydrogen-bond donors (Lipinski definition) is 2. The summed E-state index contributed by atoms with van der Waals surface area (Å²) in [4.78, 5) is 23.6. The third-order valence-electron chi connectivity index (χ3n) is 3.86. The number of anilines is 1. The van der Waals surface area contributed by atoms with Crippen molar-refractivity contribution in [3.8, 4) is 11.3 Å². The van der Waals surface area contributed by atoms with Crippen molar-refractivity contribution in [1.29, 1.82) is 0 Å². The number of hydrogen-bond acceptors (Lipinski definition) is 5. The fourth-order valence-corrected chi connectivity index (χ4v) is 2.54. The van der Waals surface area contributed by atoms with Gasteiger partial charge in [-0.3, -0.25) is 9.59 Å². The number of amides is 1. The molecule has 3 aromatic rings. The van der Waals surface area contributed by atoms with Gasteiger partial charge < -0.3 is 9.84 Å². The molecule has 2 heterocycles. The number of nitrogens with zero attached hydrogens (tertiary/aromatic N) is 2. The minimum absolute atomic E-state index is 0.174. The van der Waals surface area contributed by atoms with Crippen LogP contribution in [0.15, 0.2) is 45.7 Å². The Balaban J connectivity index is 1.81. The molecule has 0 saturated carbocycles. The Kier molecular flexibility index (Phi) is 4.97. The zero-order valence-corrected chi connectivity index (χ0v) is 14.9. The highest BCUT2D eigenvalue weighted by atomic mass is 16.5. The fraction of sp³-hybridized carbons (Fsp3) is 0.263. The summed E-state index contributed by atoms with van der Waals surface area (Å²) in [6.45, 7) is 6.05. The summed E-state index contributed by atoms with van der Waals surface area (Å²) in [5, 5.41) is 13.2. The Bertz CT molecular complexity index is 968. The molecule has 2 aromatic heterocycles. The fourth-order valence-electron chi connectivity index (χ4n) is 2.54. The predicted molar refractivity (Wildman–Crippen MR) is 98.0 cm³/mol. The Labute approximate surface area is 150 Å². The van der Waals surface area contributed by atoms with Crippen LogP contribution in [0.4, 0.5) is 5.69 Å². The van der Waals surface area contributed by atoms with Crippen LogP contribution in [0.2, 0.25) is 0 Å². The first-order chi connectivity index (χ1) is 12.4. The van der Waals surface area contributed by atoms with Gasteiger partial charge in [-0.05, 0) is 37.0 Å². The van der Waals surface area contributed by atoms with Gasteiger partial charge in [-0.2, -0.15) is 5.10 Å². The third kappa shape index (κ3) is 4.05. The van der Waals surface area contributed by atoms with Crippen LogP contribution in [0.1, 0.15) is 35.7 Å². The van der Waals surface area contributed by atoms with Crippen molar-refractivity contribution < 1.29 is 9.32 Å². The molecule has 1 aromatic carbocycles. The first kappa shape index (κ1) is 17.6. The van der Waals surface area contributed by atoms with E-state index < -0.39 is 0 Å². The lowest BCUT2D eigenvalue weighted by Gasteiger charge is -2.09. The number of nitrogens with one attached hydrogen (secondary N) is 2. The SMILES string of the molecule is Cc1ccc(-c2ccc(=O)[nH]n2)cc1NC(=O)c1cc(CC(C)C)no1. The molecule has 0 atom stereocenters. The van der Waals surface area contributed by atoms with Crippen LogP contribution in [0.5, 0.6) is 0 Å². The summed E-state index contributed by atoms with van der Waals surface area (Å²) in [5.74, 6) is 0.245. The van der Waals surface area contributed by atoms with Gasteiger partial charge in [0.15, 0.2) is 0 Å². The Morgan fingerprint density at radius 1 is 1.23 bits per heavy atom. The highest BCUT2D eigenvalue weighted by Crippen LogP contribution is 2.24. The molecule has 7 heteroatoms. The largest absolute Gasteiger partial charge is 0.351 e. The van der Waals surface area contributed by atoms with Crippen LogP contribution in [-0.2, 0) is 6.42 Å². The first-order valence-corrected chi connectivity index (χ1v) is 8.36. The van der Waals surface area contributed by atoms with Gasteiger partial charge in [0.25, 0.3) is 11.5 Å². The minimum atomic E-state index is -0.359. The predicted octanol–water partition coefficient (Wildman–Crippen LogP) is 3.18. The van der Waals surface area contributed by atoms with Crippen molar-refractivity contribution in [1.82, 2.24) is 15.4 Å². The Hall–Kier alpha value is -3.22. The van der Waals surface area contributed by atoms with Crippen molar-refractivity contribution in [3.05, 3.63) is 63.8 Å². The van der Waals surface area contributed by atoms with Gasteiger partial charge in [0.05, 0.1) is 11.4 Å². The number of aryl methyl sites for hydroxylation is 1. The maximum absolute atomic E-state index is 12.4. The number of rotatable bonds is 5. The maximum Gasteiger partial charge on any atom is 0.294 e. The molecular formula is C19H20N4O3. The molecule has 134 valence electrons. The van der Waals surface area contributed by atoms with E-state index in [9.17, 15) is 9.59 Å². The van der Waals surface area contributed by atoms with Crippen LogP contribution in [0.3, 0.4) is 0 Å². The summed E-state index contributed by atoms with van der Waals surface area (Å²) in [7, 11) is 0. The maximum atomic E-state index is 12.4. The Morgan fingerprint density at radius 3 is 2.73 bits per heavy atom. The molecule has 0 aliphatic carbocycles. The van der Waals surface area contributed by atoms with Crippen molar-refractivity contribution in [2.24, 2.45) is 5.92 Å². The smallest absolute Gasteiger partial charge is 0.294 e. The van der Waals surface area contributed by atoms with Gasteiger partial charge in [-0.1, -0.05) is 31.1 Å². The van der Waals surface area contributed by atoms with Gasteiger partial charge in [0.1, 0.15) is 0 Å². The van der Waals surface area contributed by atoms with E-state index in [1.807, 2.05) is 19.1 Å². The highest BCUT2D eigenvalue weighted by molar-refractivity contribution is 6.03. The normalized spacial score (nSPS) is 10.9. The minimum Gasteiger partial charge on any atom is -0.351 e. The van der Waals surface area contributed by atoms with E-state index in [0.29, 0.717) is 17.3 Å². The molecule has 0 aliphatic heterocycles. The molecule has 26 heavy (non-hydrogen) atoms. The summed E-state index contributed by atoms with van der Waals surface area (Å²) in [6, 6.07) is 10.3. The van der Waals surface area contributed by atoms with Crippen molar-refractivity contribution in [2.75, 3.05) is 5.32 Å². The monoisotopic (exact) mass is 352 g/mol. The van der Waals surface area contributed by atoms with Gasteiger partial charge >= 0.3 is 0 Å². The van der Waals surface area contributed by atoms with Crippen LogP contribution < -0.4 is 10.9 Å². The van der Waals surface area contributed by atoms with Gasteiger partial charge in [0, 0.05) is 23.4 Å². The summed E-state index contributed by atoms with van der Waals surface area (Å²) >= 11 is 0. The average Bonchev–Trinajstić information content (AvgIpc) is 3.05. The Morgan fingerprint density at radius 2 is 2.04 bits per heavy atom. The molecule has 0 fully saturated rings. The van der Waals surface area contributed by atoms with Crippen LogP contribution >= 0.6 is 0 Å². The van der Waals surface area contributed by atoms with Gasteiger partial charge in [0.2, 0.25) is 5.76 Å². The standard InChI is InChI=1S/C19H20N4O3/c1-11(2)8-14-10-17(26-23-14)19(25)20-16-9-13(5-4-12(16)3)15-6-7-18(24)22-21-15/h4-7,9-11H,8H2,1-3H3,(H,20,25)(H,22,24). The number of carbonyl (C=O) groups excluding carboxylic acids is 1. The number of aromatic nitrogens is 3. The van der Waals surface area contributed by atoms with E-state index in [0.717, 1.165) is 23.2 Å². The van der Waals surface area contributed by atoms with Crippen molar-refractivity contribution in [3.63, 3.8) is 0 Å². The molecule has 0 aliphatic rings. The molecule has 0 spiro atoms. The lowest BCUT2D eigenvalue weighted by Crippen LogP contribution is -2.12. The lowest BCUT2D eigenvalue weighted by atomic mass is 10.1. The average molecular weight is 352 g/mol. The summed E-state index contributed by atoms with van der Waals surface area (Å²) < 4.78 is 5.15. The molecule has 0 unspecified atom stereocenters. The molecule has 3 rings (SSSR count). The quantitative estimate of drug-likeness (QED) is 0.734. The second kappa shape index (κ2) is 7.35. The van der Waals surface area contributed by atoms with E-state index in [2.05, 4.69) is 34.5 Å². The van der Waals surface area contributed by atoms with Gasteiger partial charge in [-0.25, -0.2) is 5.10 Å². The topological polar surface area (TPSA) is 101 Å². The highest BCUT2D eigenvalue weighted by Gasteiger charge is 2.15. The molecular weight excluding hydrogens is 332 g/mol. The summed E-state index contributed by atoms with van der Waals surface area (Å²) in [6.07, 6.45) is 0.753. The number of aromatic amines is 1. The number of carbonyl (C=O) groups is 1. The van der Waals surface area contributed by atoms with E-state index in [1.54, 1.807) is 18.2 Å². The molecule has 1 amide bonds. The second-order valence-corrected chi connectivity index (χ2v) is 6.57. The summed E-state index contributed by atoms with van der Waals surface area (Å²) in [5.41, 5.74) is 3.42. The molecule has 2 N–H and O–H groups in total. The van der Waals surface area contributed by atoms with Crippen LogP contribution in [0.25, 0.3) is 11.3 Å². The molecule has 0 saturated heterocycles. The van der Waals surface area contributed by atoms with Crippen LogP contribution in [-0.4, -0.2) is 21.3 Å². The van der Waals surface area contributed by atoms with Crippen molar-refractivity contribution >= 4 is 11.6 Å². The van der Waals surface area contributed by atoms with Crippen LogP contribution in [0, 0.1) is 12.8 Å². The molecule has 0 bridgehead atoms. The lowest BCUT2D eigenvalue weighted by molar-refractivity contribution is 0.0987. The number of H-pyrrole nitrogens is 1. The third-order valence-corrected chi connectivity index (χ3v) is 3.86. The number of benzene rings is 1.